The number of hydrogen-bond donors (Lipinski definition) is 0. The SMILES string of the molecule is C=C[SiH]([O])c1ccccc1C. The van der Waals surface area contributed by atoms with Gasteiger partial charge in [-0.25, -0.2) is 0 Å². The summed E-state index contributed by atoms with van der Waals surface area (Å²) in [6, 6.07) is 7.73. The fourth-order valence-corrected chi connectivity index (χ4v) is 2.13. The molecule has 1 unspecified atom stereocenters. The maximum absolute atomic E-state index is 11.3. The van der Waals surface area contributed by atoms with Crippen molar-refractivity contribution in [3.8, 4) is 0 Å². The molecule has 0 aliphatic carbocycles. The van der Waals surface area contributed by atoms with Crippen molar-refractivity contribution in [1.29, 1.82) is 0 Å². The Balaban J connectivity index is 3.02. The second-order valence-corrected chi connectivity index (χ2v) is 4.45. The fourth-order valence-electron chi connectivity index (χ4n) is 1.03. The number of aryl methyl sites for hydroxylation is 1. The first kappa shape index (κ1) is 8.24. The molecule has 0 amide bonds. The largest absolute Gasteiger partial charge is 0.290 e. The van der Waals surface area contributed by atoms with Crippen molar-refractivity contribution < 1.29 is 4.80 Å². The van der Waals surface area contributed by atoms with Gasteiger partial charge in [0, 0.05) is 0 Å². The summed E-state index contributed by atoms with van der Waals surface area (Å²) in [6.45, 7) is 5.50. The van der Waals surface area contributed by atoms with E-state index < -0.39 is 9.04 Å². The molecule has 0 saturated heterocycles. The zero-order valence-electron chi connectivity index (χ0n) is 6.58. The van der Waals surface area contributed by atoms with Crippen LogP contribution in [0.4, 0.5) is 0 Å². The van der Waals surface area contributed by atoms with Crippen molar-refractivity contribution in [3.05, 3.63) is 42.1 Å². The minimum absolute atomic E-state index is 0.961. The van der Waals surface area contributed by atoms with Gasteiger partial charge < -0.3 is 0 Å². The molecule has 1 rings (SSSR count). The summed E-state index contributed by atoms with van der Waals surface area (Å²) < 4.78 is 0. The van der Waals surface area contributed by atoms with E-state index in [2.05, 4.69) is 6.58 Å². The molecular weight excluding hydrogens is 152 g/mol. The molecule has 0 saturated carbocycles. The van der Waals surface area contributed by atoms with Crippen LogP contribution in [0.2, 0.25) is 0 Å². The highest BCUT2D eigenvalue weighted by Crippen LogP contribution is 1.95. The number of benzene rings is 1. The first-order valence-electron chi connectivity index (χ1n) is 3.59. The third kappa shape index (κ3) is 1.79. The Morgan fingerprint density at radius 1 is 1.45 bits per heavy atom. The number of hydrogen-bond acceptors (Lipinski definition) is 0. The second-order valence-electron chi connectivity index (χ2n) is 2.51. The first-order chi connectivity index (χ1) is 5.25. The highest BCUT2D eigenvalue weighted by atomic mass is 28.3. The zero-order chi connectivity index (χ0) is 8.27. The third-order valence-electron chi connectivity index (χ3n) is 1.71. The molecule has 0 heterocycles. The molecule has 0 N–H and O–H groups in total. The Kier molecular flexibility index (Phi) is 2.62. The molecule has 1 aromatic carbocycles. The Labute approximate surface area is 68.7 Å². The maximum Gasteiger partial charge on any atom is 0.276 e. The quantitative estimate of drug-likeness (QED) is 0.581. The standard InChI is InChI=1S/C9H11OSi/c1-3-11(10)9-7-5-4-6-8(9)2/h3-7,11H,1H2,2H3. The van der Waals surface area contributed by atoms with Crippen molar-refractivity contribution in [3.63, 3.8) is 0 Å². The molecule has 0 aliphatic heterocycles. The topological polar surface area (TPSA) is 19.9 Å². The lowest BCUT2D eigenvalue weighted by Gasteiger charge is -2.03. The van der Waals surface area contributed by atoms with Gasteiger partial charge in [-0.15, -0.1) is 6.58 Å². The van der Waals surface area contributed by atoms with E-state index in [1.54, 1.807) is 5.70 Å². The van der Waals surface area contributed by atoms with Gasteiger partial charge in [-0.2, -0.15) is 0 Å². The minimum atomic E-state index is -2.07. The summed E-state index contributed by atoms with van der Waals surface area (Å²) in [5.74, 6) is 0. The highest BCUT2D eigenvalue weighted by molar-refractivity contribution is 6.70. The van der Waals surface area contributed by atoms with E-state index in [-0.39, 0.29) is 0 Å². The molecule has 1 nitrogen and oxygen atoms in total. The van der Waals surface area contributed by atoms with Crippen LogP contribution in [0.3, 0.4) is 0 Å². The Morgan fingerprint density at radius 3 is 2.64 bits per heavy atom. The molecule has 11 heavy (non-hydrogen) atoms. The zero-order valence-corrected chi connectivity index (χ0v) is 7.73. The van der Waals surface area contributed by atoms with Gasteiger partial charge in [-0.05, 0) is 17.7 Å². The molecule has 1 atom stereocenters. The summed E-state index contributed by atoms with van der Waals surface area (Å²) in [7, 11) is -2.07. The van der Waals surface area contributed by atoms with Gasteiger partial charge in [0.2, 0.25) is 0 Å². The normalized spacial score (nSPS) is 12.5. The summed E-state index contributed by atoms with van der Waals surface area (Å²) in [5.41, 5.74) is 2.65. The lowest BCUT2D eigenvalue weighted by molar-refractivity contribution is 0.470. The van der Waals surface area contributed by atoms with E-state index >= 15 is 0 Å². The first-order valence-corrected chi connectivity index (χ1v) is 5.31. The molecule has 2 heteroatoms. The van der Waals surface area contributed by atoms with Crippen molar-refractivity contribution in [2.45, 2.75) is 6.92 Å². The average molecular weight is 163 g/mol. The maximum atomic E-state index is 11.3. The van der Waals surface area contributed by atoms with Crippen LogP contribution in [-0.2, 0) is 4.80 Å². The molecule has 57 valence electrons. The van der Waals surface area contributed by atoms with Gasteiger partial charge in [-0.3, -0.25) is 4.80 Å². The van der Waals surface area contributed by atoms with Crippen LogP contribution in [0.1, 0.15) is 5.56 Å². The predicted octanol–water partition coefficient (Wildman–Crippen LogP) is 1.08. The van der Waals surface area contributed by atoms with Crippen molar-refractivity contribution in [2.75, 3.05) is 0 Å². The van der Waals surface area contributed by atoms with Crippen LogP contribution in [0, 0.1) is 6.92 Å². The summed E-state index contributed by atoms with van der Waals surface area (Å²) in [4.78, 5) is 11.3. The van der Waals surface area contributed by atoms with E-state index in [1.165, 1.54) is 0 Å². The summed E-state index contributed by atoms with van der Waals surface area (Å²) in [6.07, 6.45) is 0. The molecule has 1 aromatic rings. The van der Waals surface area contributed by atoms with Gasteiger partial charge in [-0.1, -0.05) is 30.0 Å². The van der Waals surface area contributed by atoms with Gasteiger partial charge in [0.05, 0.1) is 0 Å². The van der Waals surface area contributed by atoms with Crippen LogP contribution in [-0.4, -0.2) is 9.04 Å². The minimum Gasteiger partial charge on any atom is -0.290 e. The van der Waals surface area contributed by atoms with Crippen LogP contribution in [0.25, 0.3) is 0 Å². The predicted molar refractivity (Wildman–Crippen MR) is 48.8 cm³/mol. The van der Waals surface area contributed by atoms with Gasteiger partial charge in [0.1, 0.15) is 0 Å². The van der Waals surface area contributed by atoms with Crippen LogP contribution < -0.4 is 5.19 Å². The molecule has 0 aliphatic rings. The summed E-state index contributed by atoms with van der Waals surface area (Å²) in [5, 5.41) is 0.961. The van der Waals surface area contributed by atoms with Crippen molar-refractivity contribution >= 4 is 14.2 Å². The Hall–Kier alpha value is -0.863. The smallest absolute Gasteiger partial charge is 0.276 e. The van der Waals surface area contributed by atoms with E-state index in [0.29, 0.717) is 0 Å². The van der Waals surface area contributed by atoms with E-state index in [4.69, 9.17) is 0 Å². The second kappa shape index (κ2) is 3.51. The van der Waals surface area contributed by atoms with E-state index in [0.717, 1.165) is 10.8 Å². The average Bonchev–Trinajstić information content (AvgIpc) is 2.04. The fraction of sp³-hybridized carbons (Fsp3) is 0.111. The van der Waals surface area contributed by atoms with Crippen LogP contribution >= 0.6 is 0 Å². The van der Waals surface area contributed by atoms with Crippen LogP contribution in [0.5, 0.6) is 0 Å². The van der Waals surface area contributed by atoms with Gasteiger partial charge >= 0.3 is 0 Å². The molecular formula is C9H11OSi. The Morgan fingerprint density at radius 2 is 2.09 bits per heavy atom. The van der Waals surface area contributed by atoms with Gasteiger partial charge in [0.15, 0.2) is 0 Å². The van der Waals surface area contributed by atoms with E-state index in [9.17, 15) is 4.80 Å². The summed E-state index contributed by atoms with van der Waals surface area (Å²) >= 11 is 0. The lowest BCUT2D eigenvalue weighted by atomic mass is 10.2. The third-order valence-corrected chi connectivity index (χ3v) is 3.40. The molecule has 0 spiro atoms. The van der Waals surface area contributed by atoms with Crippen molar-refractivity contribution in [2.24, 2.45) is 0 Å². The molecule has 1 radical (unpaired) electrons. The Bertz CT molecular complexity index is 257. The monoisotopic (exact) mass is 163 g/mol. The molecule has 0 aromatic heterocycles. The van der Waals surface area contributed by atoms with Crippen molar-refractivity contribution in [1.82, 2.24) is 0 Å². The molecule has 0 fully saturated rings. The lowest BCUT2D eigenvalue weighted by Crippen LogP contribution is -2.28. The molecule has 0 bridgehead atoms. The van der Waals surface area contributed by atoms with Crippen LogP contribution in [0.15, 0.2) is 36.5 Å². The van der Waals surface area contributed by atoms with Gasteiger partial charge in [0.25, 0.3) is 9.04 Å². The highest BCUT2D eigenvalue weighted by Gasteiger charge is 2.08. The number of rotatable bonds is 2. The van der Waals surface area contributed by atoms with E-state index in [1.807, 2.05) is 31.2 Å².